The molecule has 1 aromatic carbocycles. The van der Waals surface area contributed by atoms with Crippen molar-refractivity contribution in [1.82, 2.24) is 0 Å². The predicted molar refractivity (Wildman–Crippen MR) is 67.1 cm³/mol. The predicted octanol–water partition coefficient (Wildman–Crippen LogP) is 1.73. The van der Waals surface area contributed by atoms with Crippen LogP contribution in [0.5, 0.6) is 0 Å². The molecule has 17 heavy (non-hydrogen) atoms. The average Bonchev–Trinajstić information content (AvgIpc) is 2.39. The van der Waals surface area contributed by atoms with Gasteiger partial charge in [0.15, 0.2) is 12.4 Å². The molecule has 3 heteroatoms. The Kier molecular flexibility index (Phi) is 3.19. The third kappa shape index (κ3) is 2.50. The van der Waals surface area contributed by atoms with Crippen LogP contribution in [0.4, 0.5) is 5.69 Å². The van der Waals surface area contributed by atoms with Gasteiger partial charge in [0, 0.05) is 31.9 Å². The van der Waals surface area contributed by atoms with Crippen LogP contribution in [0.2, 0.25) is 0 Å². The molecule has 1 aromatic heterocycles. The maximum Gasteiger partial charge on any atom is 0.424 e. The van der Waals surface area contributed by atoms with E-state index in [2.05, 4.69) is 0 Å². The number of hydrogen-bond donors (Lipinski definition) is 0. The van der Waals surface area contributed by atoms with Crippen molar-refractivity contribution in [1.29, 1.82) is 0 Å². The number of carbonyl (C=O) groups is 1. The van der Waals surface area contributed by atoms with Crippen molar-refractivity contribution < 1.29 is 9.36 Å². The molecule has 0 aliphatic heterocycles. The molecular weight excluding hydrogens is 212 g/mol. The molecule has 0 N–H and O–H groups in total. The topological polar surface area (TPSA) is 24.2 Å². The van der Waals surface area contributed by atoms with Gasteiger partial charge in [-0.25, -0.2) is 4.79 Å². The molecular formula is C14H15N2O+. The van der Waals surface area contributed by atoms with Crippen molar-refractivity contribution in [2.75, 3.05) is 19.0 Å². The molecule has 2 rings (SSSR count). The van der Waals surface area contributed by atoms with Crippen molar-refractivity contribution in [3.05, 3.63) is 60.4 Å². The molecule has 0 radical (unpaired) electrons. The SMILES string of the molecule is CN(C)c1cc[n+](C(=O)c2ccccc2)cc1. The molecule has 0 atom stereocenters. The number of aromatic nitrogens is 1. The number of pyridine rings is 1. The molecule has 0 unspecified atom stereocenters. The summed E-state index contributed by atoms with van der Waals surface area (Å²) in [4.78, 5) is 14.1. The first-order chi connectivity index (χ1) is 8.18. The maximum absolute atomic E-state index is 12.1. The lowest BCUT2D eigenvalue weighted by Gasteiger charge is -2.09. The maximum atomic E-state index is 12.1. The van der Waals surface area contributed by atoms with Crippen LogP contribution in [0, 0.1) is 0 Å². The first-order valence-corrected chi connectivity index (χ1v) is 5.47. The lowest BCUT2D eigenvalue weighted by molar-refractivity contribution is -0.570. The first kappa shape index (κ1) is 11.3. The Morgan fingerprint density at radius 3 is 2.12 bits per heavy atom. The van der Waals surface area contributed by atoms with Crippen LogP contribution in [0.1, 0.15) is 10.4 Å². The second-order valence-corrected chi connectivity index (χ2v) is 4.03. The van der Waals surface area contributed by atoms with Crippen LogP contribution in [-0.4, -0.2) is 20.0 Å². The van der Waals surface area contributed by atoms with Crippen molar-refractivity contribution in [2.45, 2.75) is 0 Å². The minimum Gasteiger partial charge on any atom is -0.377 e. The van der Waals surface area contributed by atoms with Gasteiger partial charge in [0.25, 0.3) is 0 Å². The van der Waals surface area contributed by atoms with Gasteiger partial charge in [-0.05, 0) is 12.1 Å². The molecule has 0 saturated heterocycles. The Labute approximate surface area is 101 Å². The molecule has 0 aliphatic carbocycles. The molecule has 3 nitrogen and oxygen atoms in total. The van der Waals surface area contributed by atoms with Gasteiger partial charge in [0.1, 0.15) is 0 Å². The Morgan fingerprint density at radius 2 is 1.59 bits per heavy atom. The molecule has 86 valence electrons. The van der Waals surface area contributed by atoms with Gasteiger partial charge in [-0.15, -0.1) is 4.57 Å². The van der Waals surface area contributed by atoms with Gasteiger partial charge in [-0.1, -0.05) is 18.2 Å². The number of rotatable bonds is 2. The van der Waals surface area contributed by atoms with E-state index in [1.165, 1.54) is 0 Å². The Morgan fingerprint density at radius 1 is 1.00 bits per heavy atom. The highest BCUT2D eigenvalue weighted by atomic mass is 16.2. The third-order valence-electron chi connectivity index (χ3n) is 2.58. The van der Waals surface area contributed by atoms with E-state index in [4.69, 9.17) is 0 Å². The van der Waals surface area contributed by atoms with E-state index in [-0.39, 0.29) is 5.91 Å². The molecule has 0 spiro atoms. The molecule has 0 fully saturated rings. The fourth-order valence-electron chi connectivity index (χ4n) is 1.58. The van der Waals surface area contributed by atoms with E-state index in [0.29, 0.717) is 5.56 Å². The Bertz CT molecular complexity index is 504. The zero-order chi connectivity index (χ0) is 12.3. The van der Waals surface area contributed by atoms with Crippen LogP contribution < -0.4 is 9.47 Å². The van der Waals surface area contributed by atoms with Crippen molar-refractivity contribution in [3.8, 4) is 0 Å². The van der Waals surface area contributed by atoms with Crippen LogP contribution in [0.25, 0.3) is 0 Å². The highest BCUT2D eigenvalue weighted by molar-refractivity contribution is 5.86. The van der Waals surface area contributed by atoms with Gasteiger partial charge in [-0.3, -0.25) is 0 Å². The van der Waals surface area contributed by atoms with Crippen LogP contribution in [0.3, 0.4) is 0 Å². The molecule has 0 aliphatic rings. The summed E-state index contributed by atoms with van der Waals surface area (Å²) in [6, 6.07) is 13.1. The highest BCUT2D eigenvalue weighted by Gasteiger charge is 2.16. The van der Waals surface area contributed by atoms with E-state index in [0.717, 1.165) is 5.69 Å². The summed E-state index contributed by atoms with van der Waals surface area (Å²) in [6.45, 7) is 0. The zero-order valence-electron chi connectivity index (χ0n) is 10.00. The fraction of sp³-hybridized carbons (Fsp3) is 0.143. The summed E-state index contributed by atoms with van der Waals surface area (Å²) in [5, 5.41) is 0. The smallest absolute Gasteiger partial charge is 0.377 e. The number of anilines is 1. The van der Waals surface area contributed by atoms with Gasteiger partial charge in [0.05, 0.1) is 5.56 Å². The standard InChI is InChI=1S/C14H15N2O/c1-15(2)13-8-10-16(11-9-13)14(17)12-6-4-3-5-7-12/h3-11H,1-2H3/q+1. The van der Waals surface area contributed by atoms with E-state index in [9.17, 15) is 4.79 Å². The van der Waals surface area contributed by atoms with Gasteiger partial charge in [-0.2, -0.15) is 0 Å². The Balaban J connectivity index is 2.27. The van der Waals surface area contributed by atoms with Gasteiger partial charge < -0.3 is 4.90 Å². The number of hydrogen-bond acceptors (Lipinski definition) is 2. The normalized spacial score (nSPS) is 10.0. The van der Waals surface area contributed by atoms with E-state index in [1.54, 1.807) is 17.0 Å². The van der Waals surface area contributed by atoms with Crippen molar-refractivity contribution in [3.63, 3.8) is 0 Å². The van der Waals surface area contributed by atoms with Crippen LogP contribution >= 0.6 is 0 Å². The molecule has 2 aromatic rings. The summed E-state index contributed by atoms with van der Waals surface area (Å²) in [5.41, 5.74) is 1.76. The minimum atomic E-state index is -0.0177. The summed E-state index contributed by atoms with van der Waals surface area (Å²) in [7, 11) is 3.94. The molecule has 0 saturated carbocycles. The largest absolute Gasteiger partial charge is 0.424 e. The summed E-state index contributed by atoms with van der Waals surface area (Å²) in [5.74, 6) is -0.0177. The van der Waals surface area contributed by atoms with Crippen LogP contribution in [-0.2, 0) is 0 Å². The number of benzene rings is 1. The zero-order valence-corrected chi connectivity index (χ0v) is 10.00. The average molecular weight is 227 g/mol. The number of nitrogens with zero attached hydrogens (tertiary/aromatic N) is 2. The van der Waals surface area contributed by atoms with E-state index >= 15 is 0 Å². The van der Waals surface area contributed by atoms with E-state index < -0.39 is 0 Å². The highest BCUT2D eigenvalue weighted by Crippen LogP contribution is 2.06. The molecule has 1 heterocycles. The third-order valence-corrected chi connectivity index (χ3v) is 2.58. The van der Waals surface area contributed by atoms with Gasteiger partial charge >= 0.3 is 5.91 Å². The second-order valence-electron chi connectivity index (χ2n) is 4.03. The second kappa shape index (κ2) is 4.78. The summed E-state index contributed by atoms with van der Waals surface area (Å²) in [6.07, 6.45) is 3.56. The quantitative estimate of drug-likeness (QED) is 0.730. The van der Waals surface area contributed by atoms with Crippen molar-refractivity contribution in [2.24, 2.45) is 0 Å². The molecule has 0 amide bonds. The Hall–Kier alpha value is -2.16. The summed E-state index contributed by atoms with van der Waals surface area (Å²) < 4.78 is 1.59. The van der Waals surface area contributed by atoms with Crippen molar-refractivity contribution >= 4 is 11.6 Å². The van der Waals surface area contributed by atoms with E-state index in [1.807, 2.05) is 61.5 Å². The fourth-order valence-corrected chi connectivity index (χ4v) is 1.58. The minimum absolute atomic E-state index is 0.0177. The molecule has 0 bridgehead atoms. The monoisotopic (exact) mass is 227 g/mol. The van der Waals surface area contributed by atoms with Gasteiger partial charge in [0.2, 0.25) is 0 Å². The lowest BCUT2D eigenvalue weighted by atomic mass is 10.2. The number of carbonyl (C=O) groups excluding carboxylic acids is 1. The van der Waals surface area contributed by atoms with Crippen LogP contribution in [0.15, 0.2) is 54.9 Å². The lowest BCUT2D eigenvalue weighted by Crippen LogP contribution is -2.42. The first-order valence-electron chi connectivity index (χ1n) is 5.47. The summed E-state index contributed by atoms with van der Waals surface area (Å²) >= 11 is 0.